The largest absolute Gasteiger partial charge is 0.419 e. The molecule has 1 aliphatic rings. The number of benzene rings is 1. The van der Waals surface area contributed by atoms with Crippen LogP contribution >= 0.6 is 23.1 Å². The van der Waals surface area contributed by atoms with Gasteiger partial charge < -0.3 is 4.42 Å². The maximum Gasteiger partial charge on any atom is 0.247 e. The van der Waals surface area contributed by atoms with Crippen LogP contribution in [0.4, 0.5) is 0 Å². The standard InChI is InChI=1S/C20H18N4OS2/c1-11(17-23-24-18(25-17)13-7-4-3-5-8-13)26-19-16-14-9-6-10-15(14)27-20(16)22-12(2)21-19/h3-5,7-8,11H,6,9-10H2,1-2H3/t11-/m0/s1. The molecule has 5 rings (SSSR count). The minimum Gasteiger partial charge on any atom is -0.419 e. The molecule has 0 spiro atoms. The van der Waals surface area contributed by atoms with Crippen molar-refractivity contribution in [3.63, 3.8) is 0 Å². The van der Waals surface area contributed by atoms with Crippen LogP contribution < -0.4 is 0 Å². The van der Waals surface area contributed by atoms with Crippen LogP contribution in [0.1, 0.15) is 40.8 Å². The summed E-state index contributed by atoms with van der Waals surface area (Å²) < 4.78 is 5.94. The minimum atomic E-state index is 0.0180. The first-order chi connectivity index (χ1) is 13.2. The molecule has 0 saturated carbocycles. The Balaban J connectivity index is 1.48. The molecule has 3 aromatic heterocycles. The van der Waals surface area contributed by atoms with E-state index in [1.54, 1.807) is 11.8 Å². The number of thioether (sulfide) groups is 1. The Kier molecular flexibility index (Phi) is 4.21. The van der Waals surface area contributed by atoms with Gasteiger partial charge in [0, 0.05) is 15.8 Å². The van der Waals surface area contributed by atoms with Crippen molar-refractivity contribution in [1.29, 1.82) is 0 Å². The van der Waals surface area contributed by atoms with Crippen molar-refractivity contribution in [3.8, 4) is 11.5 Å². The molecule has 1 aliphatic carbocycles. The summed E-state index contributed by atoms with van der Waals surface area (Å²) in [4.78, 5) is 12.0. The van der Waals surface area contributed by atoms with E-state index in [9.17, 15) is 0 Å². The van der Waals surface area contributed by atoms with E-state index in [-0.39, 0.29) is 5.25 Å². The third-order valence-electron chi connectivity index (χ3n) is 4.74. The molecular weight excluding hydrogens is 376 g/mol. The Hall–Kier alpha value is -2.25. The SMILES string of the molecule is Cc1nc(S[C@@H](C)c2nnc(-c3ccccc3)o2)c2c3c(sc2n1)CCC3. The molecule has 0 N–H and O–H groups in total. The van der Waals surface area contributed by atoms with Crippen molar-refractivity contribution >= 4 is 33.3 Å². The monoisotopic (exact) mass is 394 g/mol. The molecule has 3 heterocycles. The van der Waals surface area contributed by atoms with Crippen molar-refractivity contribution in [2.24, 2.45) is 0 Å². The lowest BCUT2D eigenvalue weighted by Crippen LogP contribution is -1.95. The van der Waals surface area contributed by atoms with Crippen LogP contribution in [0.2, 0.25) is 0 Å². The topological polar surface area (TPSA) is 64.7 Å². The van der Waals surface area contributed by atoms with Crippen LogP contribution in [0.3, 0.4) is 0 Å². The molecule has 0 aliphatic heterocycles. The summed E-state index contributed by atoms with van der Waals surface area (Å²) in [6, 6.07) is 9.85. The molecular formula is C20H18N4OS2. The summed E-state index contributed by atoms with van der Waals surface area (Å²) in [6.07, 6.45) is 3.52. The number of rotatable bonds is 4. The van der Waals surface area contributed by atoms with Crippen LogP contribution in [-0.4, -0.2) is 20.2 Å². The van der Waals surface area contributed by atoms with Crippen LogP contribution in [0.25, 0.3) is 21.7 Å². The second kappa shape index (κ2) is 6.73. The number of nitrogens with zero attached hydrogens (tertiary/aromatic N) is 4. The molecule has 5 nitrogen and oxygen atoms in total. The summed E-state index contributed by atoms with van der Waals surface area (Å²) in [6.45, 7) is 4.04. The molecule has 136 valence electrons. The normalized spacial score (nSPS) is 14.6. The molecule has 4 aromatic rings. The third kappa shape index (κ3) is 3.04. The van der Waals surface area contributed by atoms with Gasteiger partial charge >= 0.3 is 0 Å². The fourth-order valence-electron chi connectivity index (χ4n) is 3.46. The Morgan fingerprint density at radius 2 is 1.96 bits per heavy atom. The lowest BCUT2D eigenvalue weighted by atomic mass is 10.2. The zero-order chi connectivity index (χ0) is 18.4. The van der Waals surface area contributed by atoms with E-state index in [0.717, 1.165) is 27.7 Å². The first-order valence-electron chi connectivity index (χ1n) is 9.03. The van der Waals surface area contributed by atoms with Gasteiger partial charge in [-0.1, -0.05) is 30.0 Å². The van der Waals surface area contributed by atoms with E-state index in [4.69, 9.17) is 9.40 Å². The fourth-order valence-corrected chi connectivity index (χ4v) is 5.89. The molecule has 1 aromatic carbocycles. The molecule has 0 fully saturated rings. The highest BCUT2D eigenvalue weighted by atomic mass is 32.2. The van der Waals surface area contributed by atoms with Gasteiger partial charge in [0.25, 0.3) is 0 Å². The number of aryl methyl sites for hydroxylation is 3. The number of aromatic nitrogens is 4. The predicted molar refractivity (Wildman–Crippen MR) is 108 cm³/mol. The zero-order valence-electron chi connectivity index (χ0n) is 15.1. The smallest absolute Gasteiger partial charge is 0.247 e. The molecule has 0 radical (unpaired) electrons. The minimum absolute atomic E-state index is 0.0180. The lowest BCUT2D eigenvalue weighted by molar-refractivity contribution is 0.509. The van der Waals surface area contributed by atoms with Crippen molar-refractivity contribution in [2.75, 3.05) is 0 Å². The van der Waals surface area contributed by atoms with Crippen LogP contribution in [-0.2, 0) is 12.8 Å². The number of thiophene rings is 1. The van der Waals surface area contributed by atoms with Crippen molar-refractivity contribution < 1.29 is 4.42 Å². The zero-order valence-corrected chi connectivity index (χ0v) is 16.7. The van der Waals surface area contributed by atoms with Gasteiger partial charge in [-0.25, -0.2) is 9.97 Å². The van der Waals surface area contributed by atoms with Gasteiger partial charge in [0.2, 0.25) is 11.8 Å². The highest BCUT2D eigenvalue weighted by Gasteiger charge is 2.24. The van der Waals surface area contributed by atoms with Gasteiger partial charge in [-0.2, -0.15) is 0 Å². The van der Waals surface area contributed by atoms with E-state index in [0.29, 0.717) is 11.8 Å². The van der Waals surface area contributed by atoms with Crippen molar-refractivity contribution in [2.45, 2.75) is 43.4 Å². The third-order valence-corrected chi connectivity index (χ3v) is 7.00. The van der Waals surface area contributed by atoms with E-state index in [2.05, 4.69) is 22.1 Å². The number of hydrogen-bond acceptors (Lipinski definition) is 7. The van der Waals surface area contributed by atoms with Gasteiger partial charge in [-0.05, 0) is 50.8 Å². The van der Waals surface area contributed by atoms with Crippen molar-refractivity contribution in [3.05, 3.63) is 52.5 Å². The van der Waals surface area contributed by atoms with Crippen LogP contribution in [0.5, 0.6) is 0 Å². The molecule has 0 unspecified atom stereocenters. The van der Waals surface area contributed by atoms with Crippen molar-refractivity contribution in [1.82, 2.24) is 20.2 Å². The van der Waals surface area contributed by atoms with Crippen LogP contribution in [0.15, 0.2) is 39.8 Å². The van der Waals surface area contributed by atoms with E-state index in [1.807, 2.05) is 48.6 Å². The van der Waals surface area contributed by atoms with Gasteiger partial charge in [0.1, 0.15) is 15.7 Å². The maximum absolute atomic E-state index is 5.94. The van der Waals surface area contributed by atoms with E-state index < -0.39 is 0 Å². The molecule has 0 bridgehead atoms. The maximum atomic E-state index is 5.94. The molecule has 27 heavy (non-hydrogen) atoms. The number of fused-ring (bicyclic) bond motifs is 3. The second-order valence-corrected chi connectivity index (χ2v) is 9.10. The first kappa shape index (κ1) is 16.9. The highest BCUT2D eigenvalue weighted by molar-refractivity contribution is 7.99. The summed E-state index contributed by atoms with van der Waals surface area (Å²) in [5.41, 5.74) is 2.38. The Bertz CT molecular complexity index is 1120. The quantitative estimate of drug-likeness (QED) is 0.341. The van der Waals surface area contributed by atoms with Gasteiger partial charge in [-0.3, -0.25) is 0 Å². The molecule has 0 saturated heterocycles. The van der Waals surface area contributed by atoms with E-state index in [1.165, 1.54) is 28.7 Å². The van der Waals surface area contributed by atoms with Crippen LogP contribution in [0, 0.1) is 6.92 Å². The molecule has 7 heteroatoms. The lowest BCUT2D eigenvalue weighted by Gasteiger charge is -2.09. The molecule has 0 amide bonds. The predicted octanol–water partition coefficient (Wildman–Crippen LogP) is 5.39. The van der Waals surface area contributed by atoms with Gasteiger partial charge in [0.05, 0.1) is 5.25 Å². The second-order valence-electron chi connectivity index (χ2n) is 6.69. The summed E-state index contributed by atoms with van der Waals surface area (Å²) >= 11 is 3.50. The number of hydrogen-bond donors (Lipinski definition) is 0. The van der Waals surface area contributed by atoms with Gasteiger partial charge in [-0.15, -0.1) is 21.5 Å². The highest BCUT2D eigenvalue weighted by Crippen LogP contribution is 2.44. The molecule has 1 atom stereocenters. The van der Waals surface area contributed by atoms with Gasteiger partial charge in [0.15, 0.2) is 0 Å². The average Bonchev–Trinajstić information content (AvgIpc) is 3.37. The summed E-state index contributed by atoms with van der Waals surface area (Å²) in [5.74, 6) is 1.99. The van der Waals surface area contributed by atoms with E-state index >= 15 is 0 Å². The summed E-state index contributed by atoms with van der Waals surface area (Å²) in [5, 5.41) is 10.8. The Morgan fingerprint density at radius 3 is 2.81 bits per heavy atom. The summed E-state index contributed by atoms with van der Waals surface area (Å²) in [7, 11) is 0. The Labute approximate surface area is 165 Å². The Morgan fingerprint density at radius 1 is 1.11 bits per heavy atom. The average molecular weight is 395 g/mol. The fraction of sp³-hybridized carbons (Fsp3) is 0.300. The first-order valence-corrected chi connectivity index (χ1v) is 10.7.